The maximum Gasteiger partial charge on any atom is 0.283 e. The van der Waals surface area contributed by atoms with Crippen LogP contribution >= 0.6 is 0 Å². The fourth-order valence-electron chi connectivity index (χ4n) is 1.15. The molecule has 0 saturated heterocycles. The summed E-state index contributed by atoms with van der Waals surface area (Å²) < 4.78 is 1.64. The summed E-state index contributed by atoms with van der Waals surface area (Å²) in [5, 5.41) is 10.3. The maximum absolute atomic E-state index is 11.3. The summed E-state index contributed by atoms with van der Waals surface area (Å²) >= 11 is 0. The van der Waals surface area contributed by atoms with Gasteiger partial charge in [-0.2, -0.15) is 5.26 Å². The van der Waals surface area contributed by atoms with Gasteiger partial charge in [0.05, 0.1) is 5.69 Å². The van der Waals surface area contributed by atoms with Crippen LogP contribution in [0.15, 0.2) is 6.07 Å². The van der Waals surface area contributed by atoms with Gasteiger partial charge in [0.1, 0.15) is 5.69 Å². The molecule has 1 aromatic rings. The molecule has 1 rings (SSSR count). The van der Waals surface area contributed by atoms with Crippen molar-refractivity contribution in [3.05, 3.63) is 17.5 Å². The molecular weight excluding hydrogens is 168 g/mol. The Morgan fingerprint density at radius 3 is 2.77 bits per heavy atom. The predicted octanol–water partition coefficient (Wildman–Crippen LogP) is 0.127. The number of anilines is 1. The molecule has 0 unspecified atom stereocenters. The monoisotopic (exact) mass is 178 g/mol. The van der Waals surface area contributed by atoms with E-state index in [0.717, 1.165) is 5.69 Å². The third kappa shape index (κ3) is 1.47. The van der Waals surface area contributed by atoms with E-state index in [9.17, 15) is 4.79 Å². The summed E-state index contributed by atoms with van der Waals surface area (Å²) in [6, 6.07) is 1.69. The molecule has 0 saturated carbocycles. The van der Waals surface area contributed by atoms with E-state index < -0.39 is 5.91 Å². The van der Waals surface area contributed by atoms with E-state index in [-0.39, 0.29) is 0 Å². The lowest BCUT2D eigenvalue weighted by molar-refractivity contribution is 0.0965. The van der Waals surface area contributed by atoms with Gasteiger partial charge in [-0.3, -0.25) is 10.1 Å². The number of nitrogens with two attached hydrogens (primary N) is 1. The number of hydrogen-bond donors (Lipinski definition) is 2. The Morgan fingerprint density at radius 1 is 1.77 bits per heavy atom. The third-order valence-electron chi connectivity index (χ3n) is 1.89. The Balaban J connectivity index is 3.15. The molecule has 0 bridgehead atoms. The number of nitriles is 1. The number of nitrogens with one attached hydrogen (secondary N) is 1. The smallest absolute Gasteiger partial charge is 0.283 e. The number of aryl methyl sites for hydroxylation is 1. The molecule has 0 aliphatic carbocycles. The van der Waals surface area contributed by atoms with Gasteiger partial charge in [-0.05, 0) is 13.0 Å². The minimum Gasteiger partial charge on any atom is -0.397 e. The van der Waals surface area contributed by atoms with Crippen LogP contribution in [0.25, 0.3) is 0 Å². The van der Waals surface area contributed by atoms with Crippen molar-refractivity contribution in [2.24, 2.45) is 7.05 Å². The Morgan fingerprint density at radius 2 is 2.38 bits per heavy atom. The van der Waals surface area contributed by atoms with E-state index in [4.69, 9.17) is 11.0 Å². The quantitative estimate of drug-likeness (QED) is 0.473. The molecule has 13 heavy (non-hydrogen) atoms. The van der Waals surface area contributed by atoms with Gasteiger partial charge in [0.15, 0.2) is 6.19 Å². The van der Waals surface area contributed by atoms with Gasteiger partial charge in [0.2, 0.25) is 0 Å². The van der Waals surface area contributed by atoms with Crippen LogP contribution in [0.1, 0.15) is 16.2 Å². The Labute approximate surface area is 75.8 Å². The van der Waals surface area contributed by atoms with Crippen LogP contribution in [-0.2, 0) is 7.05 Å². The summed E-state index contributed by atoms with van der Waals surface area (Å²) in [4.78, 5) is 11.3. The molecule has 1 amide bonds. The van der Waals surface area contributed by atoms with Crippen LogP contribution in [0, 0.1) is 18.4 Å². The zero-order valence-corrected chi connectivity index (χ0v) is 7.46. The average molecular weight is 178 g/mol. The zero-order valence-electron chi connectivity index (χ0n) is 7.46. The van der Waals surface area contributed by atoms with Crippen LogP contribution in [0.5, 0.6) is 0 Å². The van der Waals surface area contributed by atoms with Crippen molar-refractivity contribution in [3.8, 4) is 6.19 Å². The van der Waals surface area contributed by atoms with E-state index in [2.05, 4.69) is 0 Å². The van der Waals surface area contributed by atoms with E-state index in [1.807, 2.05) is 12.2 Å². The fraction of sp³-hybridized carbons (Fsp3) is 0.250. The second-order valence-electron chi connectivity index (χ2n) is 2.71. The van der Waals surface area contributed by atoms with Gasteiger partial charge in [-0.1, -0.05) is 0 Å². The first kappa shape index (κ1) is 9.13. The van der Waals surface area contributed by atoms with Crippen molar-refractivity contribution in [1.29, 1.82) is 5.26 Å². The minimum atomic E-state index is -0.476. The molecule has 3 N–H and O–H groups in total. The number of aromatic nitrogens is 1. The lowest BCUT2D eigenvalue weighted by Gasteiger charge is -2.02. The number of nitrogens with zero attached hydrogens (tertiary/aromatic N) is 2. The second kappa shape index (κ2) is 3.19. The normalized spacial score (nSPS) is 9.31. The van der Waals surface area contributed by atoms with Crippen LogP contribution in [-0.4, -0.2) is 10.5 Å². The predicted molar refractivity (Wildman–Crippen MR) is 47.6 cm³/mol. The van der Waals surface area contributed by atoms with Crippen molar-refractivity contribution in [2.75, 3.05) is 5.73 Å². The highest BCUT2D eigenvalue weighted by atomic mass is 16.1. The van der Waals surface area contributed by atoms with Gasteiger partial charge in [-0.15, -0.1) is 0 Å². The number of nitrogen functional groups attached to an aromatic ring is 1. The summed E-state index contributed by atoms with van der Waals surface area (Å²) in [6.45, 7) is 1.83. The average Bonchev–Trinajstić information content (AvgIpc) is 2.27. The molecule has 1 aromatic heterocycles. The number of hydrogen-bond acceptors (Lipinski definition) is 3. The summed E-state index contributed by atoms with van der Waals surface area (Å²) in [7, 11) is 1.72. The first-order valence-corrected chi connectivity index (χ1v) is 3.69. The topological polar surface area (TPSA) is 83.8 Å². The van der Waals surface area contributed by atoms with Crippen LogP contribution < -0.4 is 11.1 Å². The first-order valence-electron chi connectivity index (χ1n) is 3.69. The number of amides is 1. The Bertz CT molecular complexity index is 386. The molecule has 68 valence electrons. The van der Waals surface area contributed by atoms with E-state index in [0.29, 0.717) is 11.4 Å². The molecule has 1 heterocycles. The third-order valence-corrected chi connectivity index (χ3v) is 1.89. The highest BCUT2D eigenvalue weighted by Gasteiger charge is 2.14. The highest BCUT2D eigenvalue weighted by molar-refractivity contribution is 5.98. The number of rotatable bonds is 1. The maximum atomic E-state index is 11.3. The van der Waals surface area contributed by atoms with E-state index >= 15 is 0 Å². The van der Waals surface area contributed by atoms with Crippen molar-refractivity contribution in [2.45, 2.75) is 6.92 Å². The Kier molecular flexibility index (Phi) is 2.24. The van der Waals surface area contributed by atoms with E-state index in [1.165, 1.54) is 0 Å². The molecule has 5 nitrogen and oxygen atoms in total. The largest absolute Gasteiger partial charge is 0.397 e. The number of carbonyl (C=O) groups is 1. The van der Waals surface area contributed by atoms with Gasteiger partial charge in [-0.25, -0.2) is 0 Å². The molecular formula is C8H10N4O. The molecule has 0 atom stereocenters. The van der Waals surface area contributed by atoms with Crippen molar-refractivity contribution >= 4 is 11.6 Å². The lowest BCUT2D eigenvalue weighted by Crippen LogP contribution is -2.21. The van der Waals surface area contributed by atoms with Crippen LogP contribution in [0.3, 0.4) is 0 Å². The SMILES string of the molecule is Cc1cc(N)c(C(=O)NC#N)n1C. The first-order chi connectivity index (χ1) is 6.07. The zero-order chi connectivity index (χ0) is 10.0. The standard InChI is InChI=1S/C8H10N4O/c1-5-3-6(10)7(12(5)2)8(13)11-4-9/h3H,10H2,1-2H3,(H,11,13). The minimum absolute atomic E-state index is 0.319. The lowest BCUT2D eigenvalue weighted by atomic mass is 10.3. The van der Waals surface area contributed by atoms with Gasteiger partial charge in [0.25, 0.3) is 5.91 Å². The van der Waals surface area contributed by atoms with Crippen molar-refractivity contribution in [3.63, 3.8) is 0 Å². The van der Waals surface area contributed by atoms with Crippen molar-refractivity contribution in [1.82, 2.24) is 9.88 Å². The van der Waals surface area contributed by atoms with Crippen LogP contribution in [0.4, 0.5) is 5.69 Å². The number of carbonyl (C=O) groups excluding carboxylic acids is 1. The van der Waals surface area contributed by atoms with Gasteiger partial charge >= 0.3 is 0 Å². The molecule has 0 aliphatic heterocycles. The molecule has 0 radical (unpaired) electrons. The summed E-state index contributed by atoms with van der Waals surface area (Å²) in [5.41, 5.74) is 7.16. The molecule has 0 fully saturated rings. The summed E-state index contributed by atoms with van der Waals surface area (Å²) in [5.74, 6) is -0.476. The van der Waals surface area contributed by atoms with Gasteiger partial charge in [0, 0.05) is 12.7 Å². The summed E-state index contributed by atoms with van der Waals surface area (Å²) in [6.07, 6.45) is 1.56. The highest BCUT2D eigenvalue weighted by Crippen LogP contribution is 2.15. The van der Waals surface area contributed by atoms with E-state index in [1.54, 1.807) is 23.9 Å². The molecule has 0 spiro atoms. The van der Waals surface area contributed by atoms with Gasteiger partial charge < -0.3 is 10.3 Å². The molecule has 5 heteroatoms. The fourth-order valence-corrected chi connectivity index (χ4v) is 1.15. The Hall–Kier alpha value is -1.96. The van der Waals surface area contributed by atoms with Crippen molar-refractivity contribution < 1.29 is 4.79 Å². The molecule has 0 aromatic carbocycles. The second-order valence-corrected chi connectivity index (χ2v) is 2.71. The molecule has 0 aliphatic rings. The van der Waals surface area contributed by atoms with Crippen LogP contribution in [0.2, 0.25) is 0 Å².